The summed E-state index contributed by atoms with van der Waals surface area (Å²) in [5.74, 6) is 2.69. The van der Waals surface area contributed by atoms with E-state index in [2.05, 4.69) is 23.8 Å². The molecule has 5 aliphatic carbocycles. The van der Waals surface area contributed by atoms with Crippen LogP contribution in [0.3, 0.4) is 0 Å². The molecule has 6 rings (SSSR count). The zero-order valence-electron chi connectivity index (χ0n) is 19.2. The summed E-state index contributed by atoms with van der Waals surface area (Å²) >= 11 is 0. The summed E-state index contributed by atoms with van der Waals surface area (Å²) in [5.41, 5.74) is 3.74. The van der Waals surface area contributed by atoms with E-state index in [1.54, 1.807) is 24.3 Å². The number of ether oxygens (including phenoxy) is 1. The molecule has 1 spiro atoms. The maximum Gasteiger partial charge on any atom is 0.387 e. The highest BCUT2D eigenvalue weighted by Gasteiger charge is 2.72. The largest absolute Gasteiger partial charge is 0.435 e. The number of allylic oxidation sites excluding steroid dienone is 1. The topological polar surface area (TPSA) is 49.7 Å². The van der Waals surface area contributed by atoms with Gasteiger partial charge in [-0.1, -0.05) is 43.2 Å². The van der Waals surface area contributed by atoms with E-state index in [-0.39, 0.29) is 17.3 Å². The Balaban J connectivity index is 1.29. The molecule has 5 aliphatic rings. The van der Waals surface area contributed by atoms with Crippen LogP contribution in [0.15, 0.2) is 41.5 Å². The van der Waals surface area contributed by atoms with E-state index in [4.69, 9.17) is 0 Å². The normalized spacial score (nSPS) is 44.9. The average molecular weight is 457 g/mol. The summed E-state index contributed by atoms with van der Waals surface area (Å²) < 4.78 is 29.4. The van der Waals surface area contributed by atoms with Gasteiger partial charge >= 0.3 is 6.61 Å². The average Bonchev–Trinajstić information content (AvgIpc) is 3.36. The van der Waals surface area contributed by atoms with Gasteiger partial charge in [-0.3, -0.25) is 0 Å². The zero-order chi connectivity index (χ0) is 23.0. The van der Waals surface area contributed by atoms with Crippen LogP contribution < -0.4 is 4.74 Å². The molecule has 0 radical (unpaired) electrons. The number of aliphatic hydroxyl groups is 2. The lowest BCUT2D eigenvalue weighted by Gasteiger charge is -2.43. The van der Waals surface area contributed by atoms with Crippen molar-refractivity contribution in [3.63, 3.8) is 0 Å². The fourth-order valence-electron chi connectivity index (χ4n) is 8.69. The first-order valence-electron chi connectivity index (χ1n) is 12.6. The highest BCUT2D eigenvalue weighted by Crippen LogP contribution is 2.78. The van der Waals surface area contributed by atoms with Crippen LogP contribution in [-0.4, -0.2) is 29.0 Å². The third-order valence-corrected chi connectivity index (χ3v) is 10.1. The highest BCUT2D eigenvalue weighted by atomic mass is 19.3. The Morgan fingerprint density at radius 2 is 1.85 bits per heavy atom. The molecular weight excluding hydrogens is 422 g/mol. The van der Waals surface area contributed by atoms with Gasteiger partial charge in [0.05, 0.1) is 12.2 Å². The minimum Gasteiger partial charge on any atom is -0.435 e. The predicted octanol–water partition coefficient (Wildman–Crippen LogP) is 5.97. The van der Waals surface area contributed by atoms with Crippen molar-refractivity contribution in [1.82, 2.24) is 0 Å². The van der Waals surface area contributed by atoms with Crippen LogP contribution in [-0.2, 0) is 0 Å². The van der Waals surface area contributed by atoms with Gasteiger partial charge < -0.3 is 14.9 Å². The number of benzene rings is 1. The Bertz CT molecular complexity index is 985. The third kappa shape index (κ3) is 3.25. The van der Waals surface area contributed by atoms with E-state index in [0.717, 1.165) is 62.0 Å². The summed E-state index contributed by atoms with van der Waals surface area (Å²) in [6, 6.07) is 6.70. The monoisotopic (exact) mass is 456 g/mol. The van der Waals surface area contributed by atoms with Crippen LogP contribution in [0.5, 0.6) is 5.75 Å². The van der Waals surface area contributed by atoms with Crippen molar-refractivity contribution in [1.29, 1.82) is 0 Å². The van der Waals surface area contributed by atoms with Crippen molar-refractivity contribution in [3.05, 3.63) is 47.1 Å². The van der Waals surface area contributed by atoms with Crippen LogP contribution in [0.2, 0.25) is 0 Å². The molecule has 0 amide bonds. The predicted molar refractivity (Wildman–Crippen MR) is 123 cm³/mol. The van der Waals surface area contributed by atoms with Crippen LogP contribution in [0.25, 0.3) is 6.08 Å². The fourth-order valence-corrected chi connectivity index (χ4v) is 8.69. The first-order valence-corrected chi connectivity index (χ1v) is 12.6. The first-order chi connectivity index (χ1) is 15.8. The van der Waals surface area contributed by atoms with E-state index in [1.807, 2.05) is 0 Å². The number of halogens is 2. The van der Waals surface area contributed by atoms with E-state index in [9.17, 15) is 19.0 Å². The zero-order valence-corrected chi connectivity index (χ0v) is 19.2. The summed E-state index contributed by atoms with van der Waals surface area (Å²) in [4.78, 5) is 0. The smallest absolute Gasteiger partial charge is 0.387 e. The molecule has 0 saturated heterocycles. The van der Waals surface area contributed by atoms with Gasteiger partial charge in [0.2, 0.25) is 0 Å². The molecule has 1 aromatic carbocycles. The lowest BCUT2D eigenvalue weighted by Crippen LogP contribution is -2.39. The van der Waals surface area contributed by atoms with Gasteiger partial charge in [0, 0.05) is 5.41 Å². The van der Waals surface area contributed by atoms with Gasteiger partial charge in [-0.25, -0.2) is 0 Å². The summed E-state index contributed by atoms with van der Waals surface area (Å²) in [5, 5.41) is 21.8. The van der Waals surface area contributed by atoms with Gasteiger partial charge in [-0.2, -0.15) is 8.78 Å². The molecule has 0 bridgehead atoms. The molecule has 6 unspecified atom stereocenters. The Labute approximate surface area is 194 Å². The van der Waals surface area contributed by atoms with E-state index in [0.29, 0.717) is 23.2 Å². The summed E-state index contributed by atoms with van der Waals surface area (Å²) in [7, 11) is 0. The molecular formula is C28H34F2O3. The van der Waals surface area contributed by atoms with Crippen molar-refractivity contribution in [2.24, 2.45) is 34.5 Å². The molecule has 1 aromatic rings. The van der Waals surface area contributed by atoms with E-state index >= 15 is 0 Å². The molecule has 3 nitrogen and oxygen atoms in total. The van der Waals surface area contributed by atoms with Gasteiger partial charge in [0.25, 0.3) is 0 Å². The quantitative estimate of drug-likeness (QED) is 0.551. The second kappa shape index (κ2) is 7.64. The van der Waals surface area contributed by atoms with Crippen molar-refractivity contribution >= 4 is 6.08 Å². The van der Waals surface area contributed by atoms with Crippen molar-refractivity contribution in [2.45, 2.75) is 77.1 Å². The van der Waals surface area contributed by atoms with E-state index in [1.165, 1.54) is 12.0 Å². The minimum absolute atomic E-state index is 0.122. The molecule has 5 heteroatoms. The maximum atomic E-state index is 12.5. The van der Waals surface area contributed by atoms with Crippen LogP contribution in [0, 0.1) is 34.5 Å². The SMILES string of the molecule is CC12CCCC3C4C(CC=C5C[C@@H](O)CCC534)[C@@H]1C/C(=C\c1ccc(OC(F)F)cc1)C2O. The molecule has 0 heterocycles. The molecule has 0 aromatic heterocycles. The molecule has 0 aliphatic heterocycles. The van der Waals surface area contributed by atoms with Crippen LogP contribution >= 0.6 is 0 Å². The number of hydrogen-bond donors (Lipinski definition) is 2. The number of fused-ring (bicyclic) bond motifs is 2. The maximum absolute atomic E-state index is 12.5. The molecule has 178 valence electrons. The Kier molecular flexibility index (Phi) is 5.05. The summed E-state index contributed by atoms with van der Waals surface area (Å²) in [6.45, 7) is -0.532. The number of alkyl halides is 2. The molecule has 4 fully saturated rings. The minimum atomic E-state index is -2.83. The van der Waals surface area contributed by atoms with Gasteiger partial charge in [-0.05, 0) is 97.3 Å². The van der Waals surface area contributed by atoms with Crippen molar-refractivity contribution in [3.8, 4) is 5.75 Å². The number of rotatable bonds is 3. The Hall–Kier alpha value is -1.72. The molecule has 4 saturated carbocycles. The Morgan fingerprint density at radius 3 is 2.61 bits per heavy atom. The van der Waals surface area contributed by atoms with Crippen LogP contribution in [0.4, 0.5) is 8.78 Å². The molecule has 33 heavy (non-hydrogen) atoms. The van der Waals surface area contributed by atoms with Crippen LogP contribution in [0.1, 0.15) is 63.9 Å². The third-order valence-electron chi connectivity index (χ3n) is 10.1. The van der Waals surface area contributed by atoms with Crippen molar-refractivity contribution < 1.29 is 23.7 Å². The molecule has 8 atom stereocenters. The standard InChI is InChI=1S/C28H34F2O3/c1-27-11-2-3-22-24-21(9-6-18-15-19(31)10-12-28(18,22)24)23(27)14-17(25(27)32)13-16-4-7-20(8-5-16)33-26(29)30/h4-8,13,19,21-26,31-32H,2-3,9-12,14-15H2,1H3/b17-13+/t19-,21?,22?,23-,24?,25?,27?,28?/m0/s1. The molecule has 2 N–H and O–H groups in total. The fraction of sp³-hybridized carbons (Fsp3) is 0.643. The first kappa shape index (κ1) is 21.8. The second-order valence-electron chi connectivity index (χ2n) is 11.5. The number of hydrogen-bond acceptors (Lipinski definition) is 3. The lowest BCUT2D eigenvalue weighted by atomic mass is 9.63. The van der Waals surface area contributed by atoms with Crippen molar-refractivity contribution in [2.75, 3.05) is 0 Å². The van der Waals surface area contributed by atoms with Gasteiger partial charge in [0.15, 0.2) is 0 Å². The van der Waals surface area contributed by atoms with Gasteiger partial charge in [-0.15, -0.1) is 0 Å². The Morgan fingerprint density at radius 1 is 1.06 bits per heavy atom. The second-order valence-corrected chi connectivity index (χ2v) is 11.5. The highest BCUT2D eigenvalue weighted by molar-refractivity contribution is 5.56. The van der Waals surface area contributed by atoms with Gasteiger partial charge in [0.1, 0.15) is 5.75 Å². The lowest BCUT2D eigenvalue weighted by molar-refractivity contribution is -0.0498. The number of aliphatic hydroxyl groups excluding tert-OH is 2. The van der Waals surface area contributed by atoms with E-state index < -0.39 is 12.7 Å². The summed E-state index contributed by atoms with van der Waals surface area (Å²) in [6.07, 6.45) is 12.2.